The third-order valence-electron chi connectivity index (χ3n) is 3.49. The number of halogens is 1. The summed E-state index contributed by atoms with van der Waals surface area (Å²) >= 11 is 0. The van der Waals surface area contributed by atoms with Gasteiger partial charge in [-0.25, -0.2) is 12.8 Å². The van der Waals surface area contributed by atoms with Crippen molar-refractivity contribution in [1.82, 2.24) is 0 Å². The van der Waals surface area contributed by atoms with Gasteiger partial charge in [0.2, 0.25) is 0 Å². The number of benzene rings is 1. The number of sulfone groups is 1. The minimum absolute atomic E-state index is 0.229. The van der Waals surface area contributed by atoms with Crippen LogP contribution in [0.5, 0.6) is 0 Å². The molecule has 0 saturated carbocycles. The zero-order valence-corrected chi connectivity index (χ0v) is 11.5. The second-order valence-electron chi connectivity index (χ2n) is 4.97. The van der Waals surface area contributed by atoms with Crippen LogP contribution in [0.4, 0.5) is 10.1 Å². The highest BCUT2D eigenvalue weighted by molar-refractivity contribution is 7.91. The molecule has 1 aliphatic heterocycles. The summed E-state index contributed by atoms with van der Waals surface area (Å²) in [5.74, 6) is -0.229. The molecule has 1 aromatic rings. The lowest BCUT2D eigenvalue weighted by atomic mass is 10.1. The Kier molecular flexibility index (Phi) is 3.61. The van der Waals surface area contributed by atoms with Crippen molar-refractivity contribution in [2.24, 2.45) is 0 Å². The molecule has 1 fully saturated rings. The van der Waals surface area contributed by atoms with Crippen molar-refractivity contribution in [2.45, 2.75) is 25.0 Å². The first-order valence-electron chi connectivity index (χ1n) is 6.08. The highest BCUT2D eigenvalue weighted by Crippen LogP contribution is 2.25. The van der Waals surface area contributed by atoms with E-state index in [-0.39, 0.29) is 11.1 Å². The van der Waals surface area contributed by atoms with Crippen molar-refractivity contribution < 1.29 is 12.8 Å². The lowest BCUT2D eigenvalue weighted by molar-refractivity contribution is 0.527. The predicted molar refractivity (Wildman–Crippen MR) is 71.2 cm³/mol. The zero-order chi connectivity index (χ0) is 13.3. The Morgan fingerprint density at radius 2 is 1.89 bits per heavy atom. The van der Waals surface area contributed by atoms with Crippen LogP contribution in [0.2, 0.25) is 0 Å². The first-order valence-corrected chi connectivity index (χ1v) is 8.03. The third kappa shape index (κ3) is 2.83. The normalized spacial score (nSPS) is 18.1. The minimum Gasteiger partial charge on any atom is -0.369 e. The summed E-state index contributed by atoms with van der Waals surface area (Å²) in [6.45, 7) is 3.04. The maximum absolute atomic E-state index is 13.8. The average molecular weight is 271 g/mol. The molecular formula is C13H18FNO2S. The number of hydrogen-bond donors (Lipinski definition) is 0. The van der Waals surface area contributed by atoms with Crippen LogP contribution in [0.25, 0.3) is 0 Å². The Bertz CT molecular complexity index is 534. The van der Waals surface area contributed by atoms with Crippen molar-refractivity contribution in [3.8, 4) is 0 Å². The van der Waals surface area contributed by atoms with E-state index in [0.29, 0.717) is 31.6 Å². The van der Waals surface area contributed by atoms with Gasteiger partial charge in [0.1, 0.15) is 15.7 Å². The van der Waals surface area contributed by atoms with Gasteiger partial charge in [0.15, 0.2) is 0 Å². The van der Waals surface area contributed by atoms with Gasteiger partial charge in [-0.1, -0.05) is 6.07 Å². The summed E-state index contributed by atoms with van der Waals surface area (Å²) in [5, 5.41) is -0.276. The number of hydrogen-bond acceptors (Lipinski definition) is 3. The van der Waals surface area contributed by atoms with Crippen molar-refractivity contribution in [3.63, 3.8) is 0 Å². The van der Waals surface area contributed by atoms with Gasteiger partial charge in [0, 0.05) is 19.3 Å². The van der Waals surface area contributed by atoms with E-state index >= 15 is 0 Å². The fraction of sp³-hybridized carbons (Fsp3) is 0.538. The maximum Gasteiger partial charge on any atom is 0.150 e. The Balaban J connectivity index is 2.10. The van der Waals surface area contributed by atoms with Gasteiger partial charge in [-0.3, -0.25) is 0 Å². The lowest BCUT2D eigenvalue weighted by Crippen LogP contribution is -2.39. The predicted octanol–water partition coefficient (Wildman–Crippen LogP) is 2.15. The quantitative estimate of drug-likeness (QED) is 0.827. The first-order chi connectivity index (χ1) is 8.38. The summed E-state index contributed by atoms with van der Waals surface area (Å²) in [6.07, 6.45) is 2.43. The Morgan fingerprint density at radius 1 is 1.28 bits per heavy atom. The highest BCUT2D eigenvalue weighted by atomic mass is 32.2. The minimum atomic E-state index is -2.97. The van der Waals surface area contributed by atoms with Crippen LogP contribution >= 0.6 is 0 Å². The topological polar surface area (TPSA) is 37.4 Å². The summed E-state index contributed by atoms with van der Waals surface area (Å²) in [7, 11) is -2.97. The van der Waals surface area contributed by atoms with Crippen molar-refractivity contribution in [2.75, 3.05) is 24.2 Å². The molecule has 5 heteroatoms. The van der Waals surface area contributed by atoms with E-state index in [0.717, 1.165) is 5.56 Å². The standard InChI is InChI=1S/C13H18FNO2S/c1-10-3-4-13(12(14)9-10)15-7-5-11(6-8-15)18(2,16)17/h3-4,9,11H,5-8H2,1-2H3. The van der Waals surface area contributed by atoms with Gasteiger partial charge in [-0.2, -0.15) is 0 Å². The SMILES string of the molecule is Cc1ccc(N2CCC(S(C)(=O)=O)CC2)c(F)c1. The molecule has 0 unspecified atom stereocenters. The summed E-state index contributed by atoms with van der Waals surface area (Å²) < 4.78 is 36.7. The Morgan fingerprint density at radius 3 is 2.39 bits per heavy atom. The van der Waals surface area contributed by atoms with Gasteiger partial charge < -0.3 is 4.90 Å². The van der Waals surface area contributed by atoms with Gasteiger partial charge in [-0.05, 0) is 37.5 Å². The number of anilines is 1. The van der Waals surface area contributed by atoms with E-state index in [1.54, 1.807) is 6.07 Å². The Labute approximate surface area is 108 Å². The monoisotopic (exact) mass is 271 g/mol. The van der Waals surface area contributed by atoms with Gasteiger partial charge in [0.05, 0.1) is 10.9 Å². The number of rotatable bonds is 2. The fourth-order valence-electron chi connectivity index (χ4n) is 2.39. The summed E-state index contributed by atoms with van der Waals surface area (Å²) in [5.41, 5.74) is 1.47. The molecule has 0 radical (unpaired) electrons. The third-order valence-corrected chi connectivity index (χ3v) is 5.17. The van der Waals surface area contributed by atoms with Crippen molar-refractivity contribution in [3.05, 3.63) is 29.6 Å². The molecule has 18 heavy (non-hydrogen) atoms. The number of nitrogens with zero attached hydrogens (tertiary/aromatic N) is 1. The molecule has 1 aliphatic rings. The van der Waals surface area contributed by atoms with Crippen LogP contribution in [0, 0.1) is 12.7 Å². The van der Waals surface area contributed by atoms with Crippen LogP contribution in [-0.2, 0) is 9.84 Å². The summed E-state index contributed by atoms with van der Waals surface area (Å²) in [6, 6.07) is 5.16. The molecular weight excluding hydrogens is 253 g/mol. The molecule has 100 valence electrons. The van der Waals surface area contributed by atoms with Crippen LogP contribution in [0.3, 0.4) is 0 Å². The smallest absolute Gasteiger partial charge is 0.150 e. The molecule has 1 saturated heterocycles. The molecule has 0 aliphatic carbocycles. The van der Waals surface area contributed by atoms with Crippen LogP contribution in [0.15, 0.2) is 18.2 Å². The van der Waals surface area contributed by atoms with Gasteiger partial charge >= 0.3 is 0 Å². The molecule has 0 amide bonds. The van der Waals surface area contributed by atoms with Crippen LogP contribution in [-0.4, -0.2) is 33.0 Å². The molecule has 1 aromatic carbocycles. The molecule has 3 nitrogen and oxygen atoms in total. The van der Waals surface area contributed by atoms with E-state index in [1.807, 2.05) is 17.9 Å². The van der Waals surface area contributed by atoms with E-state index in [4.69, 9.17) is 0 Å². The number of piperidine rings is 1. The van der Waals surface area contributed by atoms with Crippen LogP contribution in [0.1, 0.15) is 18.4 Å². The van der Waals surface area contributed by atoms with Crippen LogP contribution < -0.4 is 4.90 Å². The molecule has 0 aromatic heterocycles. The van der Waals surface area contributed by atoms with Crippen molar-refractivity contribution in [1.29, 1.82) is 0 Å². The molecule has 0 N–H and O–H groups in total. The zero-order valence-electron chi connectivity index (χ0n) is 10.7. The Hall–Kier alpha value is -1.10. The summed E-state index contributed by atoms with van der Waals surface area (Å²) in [4.78, 5) is 1.93. The van der Waals surface area contributed by atoms with Crippen molar-refractivity contribution >= 4 is 15.5 Å². The van der Waals surface area contributed by atoms with Gasteiger partial charge in [-0.15, -0.1) is 0 Å². The first kappa shape index (κ1) is 13.3. The highest BCUT2D eigenvalue weighted by Gasteiger charge is 2.27. The number of aryl methyl sites for hydroxylation is 1. The molecule has 0 bridgehead atoms. The average Bonchev–Trinajstić information content (AvgIpc) is 2.28. The molecule has 2 rings (SSSR count). The van der Waals surface area contributed by atoms with E-state index in [9.17, 15) is 12.8 Å². The van der Waals surface area contributed by atoms with E-state index in [1.165, 1.54) is 12.3 Å². The molecule has 0 atom stereocenters. The molecule has 0 spiro atoms. The largest absolute Gasteiger partial charge is 0.369 e. The molecule has 1 heterocycles. The fourth-order valence-corrected chi connectivity index (χ4v) is 3.46. The lowest BCUT2D eigenvalue weighted by Gasteiger charge is -2.33. The van der Waals surface area contributed by atoms with E-state index < -0.39 is 9.84 Å². The van der Waals surface area contributed by atoms with E-state index in [2.05, 4.69) is 0 Å². The maximum atomic E-state index is 13.8. The second-order valence-corrected chi connectivity index (χ2v) is 7.30. The van der Waals surface area contributed by atoms with Gasteiger partial charge in [0.25, 0.3) is 0 Å². The second kappa shape index (κ2) is 4.88.